The van der Waals surface area contributed by atoms with E-state index in [9.17, 15) is 14.4 Å². The van der Waals surface area contributed by atoms with Gasteiger partial charge in [0.05, 0.1) is 12.2 Å². The van der Waals surface area contributed by atoms with Crippen molar-refractivity contribution in [1.29, 1.82) is 0 Å². The second kappa shape index (κ2) is 9.89. The number of nitrogens with one attached hydrogen (secondary N) is 2. The Bertz CT molecular complexity index is 862. The first-order valence-electron chi connectivity index (χ1n) is 8.85. The molecule has 9 heteroatoms. The summed E-state index contributed by atoms with van der Waals surface area (Å²) in [7, 11) is 0. The molecule has 0 bridgehead atoms. The minimum Gasteiger partial charge on any atom is -0.452 e. The summed E-state index contributed by atoms with van der Waals surface area (Å²) in [4.78, 5) is 35.4. The summed E-state index contributed by atoms with van der Waals surface area (Å²) in [6, 6.07) is 7.22. The number of ether oxygens (including phenoxy) is 1. The van der Waals surface area contributed by atoms with E-state index in [1.165, 1.54) is 4.68 Å². The topological polar surface area (TPSA) is 102 Å². The van der Waals surface area contributed by atoms with E-state index >= 15 is 0 Å². The highest BCUT2D eigenvalue weighted by atomic mass is 35.5. The zero-order valence-corrected chi connectivity index (χ0v) is 16.8. The fourth-order valence-electron chi connectivity index (χ4n) is 2.41. The van der Waals surface area contributed by atoms with Crippen LogP contribution in [0, 0.1) is 13.8 Å². The maximum absolute atomic E-state index is 12.3. The number of amides is 3. The molecule has 0 saturated heterocycles. The molecule has 0 spiro atoms. The summed E-state index contributed by atoms with van der Waals surface area (Å²) >= 11 is 6.30. The predicted molar refractivity (Wildman–Crippen MR) is 104 cm³/mol. The van der Waals surface area contributed by atoms with Crippen molar-refractivity contribution in [3.05, 3.63) is 51.8 Å². The van der Waals surface area contributed by atoms with Gasteiger partial charge in [-0.2, -0.15) is 5.10 Å². The lowest BCUT2D eigenvalue weighted by molar-refractivity contribution is -0.123. The van der Waals surface area contributed by atoms with Crippen LogP contribution in [0.25, 0.3) is 0 Å². The standard InChI is InChI=1S/C19H23ClN4O4/c1-4-9-21-19(27)22-15(25)11-28-18(26)16-13(3)23-24(17(16)20)10-14-7-5-12(2)6-8-14/h5-8H,4,9-11H2,1-3H3,(H2,21,22,25,27). The van der Waals surface area contributed by atoms with E-state index in [1.807, 2.05) is 38.1 Å². The summed E-state index contributed by atoms with van der Waals surface area (Å²) < 4.78 is 6.46. The molecule has 0 atom stereocenters. The molecule has 1 heterocycles. The Hall–Kier alpha value is -2.87. The number of aromatic nitrogens is 2. The van der Waals surface area contributed by atoms with Crippen molar-refractivity contribution in [3.63, 3.8) is 0 Å². The lowest BCUT2D eigenvalue weighted by Gasteiger charge is -2.07. The number of hydrogen-bond donors (Lipinski definition) is 2. The van der Waals surface area contributed by atoms with Crippen molar-refractivity contribution in [3.8, 4) is 0 Å². The van der Waals surface area contributed by atoms with Crippen molar-refractivity contribution in [2.45, 2.75) is 33.7 Å². The molecule has 1 aromatic heterocycles. The minimum absolute atomic E-state index is 0.0945. The zero-order chi connectivity index (χ0) is 20.7. The van der Waals surface area contributed by atoms with Gasteiger partial charge in [-0.25, -0.2) is 14.3 Å². The molecule has 0 fully saturated rings. The number of benzene rings is 1. The van der Waals surface area contributed by atoms with Crippen LogP contribution < -0.4 is 10.6 Å². The van der Waals surface area contributed by atoms with Gasteiger partial charge >= 0.3 is 12.0 Å². The average molecular weight is 407 g/mol. The highest BCUT2D eigenvalue weighted by Gasteiger charge is 2.23. The minimum atomic E-state index is -0.776. The van der Waals surface area contributed by atoms with Gasteiger partial charge in [0.2, 0.25) is 0 Å². The molecule has 8 nitrogen and oxygen atoms in total. The predicted octanol–water partition coefficient (Wildman–Crippen LogP) is 2.59. The van der Waals surface area contributed by atoms with Crippen LogP contribution in [0.3, 0.4) is 0 Å². The second-order valence-electron chi connectivity index (χ2n) is 6.27. The zero-order valence-electron chi connectivity index (χ0n) is 16.0. The second-order valence-corrected chi connectivity index (χ2v) is 6.63. The third-order valence-corrected chi connectivity index (χ3v) is 4.23. The molecular formula is C19H23ClN4O4. The van der Waals surface area contributed by atoms with Crippen LogP contribution in [-0.4, -0.2) is 40.8 Å². The Morgan fingerprint density at radius 2 is 1.86 bits per heavy atom. The van der Waals surface area contributed by atoms with E-state index in [2.05, 4.69) is 15.7 Å². The van der Waals surface area contributed by atoms with E-state index in [4.69, 9.17) is 16.3 Å². The number of nitrogens with zero attached hydrogens (tertiary/aromatic N) is 2. The van der Waals surface area contributed by atoms with Crippen molar-refractivity contribution in [1.82, 2.24) is 20.4 Å². The fourth-order valence-corrected chi connectivity index (χ4v) is 2.72. The van der Waals surface area contributed by atoms with Crippen molar-refractivity contribution in [2.75, 3.05) is 13.2 Å². The Kier molecular flexibility index (Phi) is 7.57. The summed E-state index contributed by atoms with van der Waals surface area (Å²) in [5.41, 5.74) is 2.60. The van der Waals surface area contributed by atoms with E-state index in [1.54, 1.807) is 6.92 Å². The van der Waals surface area contributed by atoms with Gasteiger partial charge in [0.15, 0.2) is 6.61 Å². The number of aryl methyl sites for hydroxylation is 2. The number of imide groups is 1. The molecule has 0 aliphatic heterocycles. The Balaban J connectivity index is 1.98. The third kappa shape index (κ3) is 5.82. The summed E-state index contributed by atoms with van der Waals surface area (Å²) in [6.45, 7) is 5.74. The summed E-state index contributed by atoms with van der Waals surface area (Å²) in [6.07, 6.45) is 0.737. The molecule has 2 aromatic rings. The number of esters is 1. The van der Waals surface area contributed by atoms with E-state index in [-0.39, 0.29) is 10.7 Å². The van der Waals surface area contributed by atoms with Crippen molar-refractivity contribution < 1.29 is 19.1 Å². The molecule has 28 heavy (non-hydrogen) atoms. The lowest BCUT2D eigenvalue weighted by Crippen LogP contribution is -2.41. The van der Waals surface area contributed by atoms with Gasteiger partial charge in [0, 0.05) is 6.54 Å². The Labute approximate surface area is 168 Å². The largest absolute Gasteiger partial charge is 0.452 e. The number of hydrogen-bond acceptors (Lipinski definition) is 5. The van der Waals surface area contributed by atoms with Gasteiger partial charge in [0.25, 0.3) is 5.91 Å². The van der Waals surface area contributed by atoms with Gasteiger partial charge in [-0.3, -0.25) is 10.1 Å². The van der Waals surface area contributed by atoms with Crippen LogP contribution in [0.4, 0.5) is 4.79 Å². The lowest BCUT2D eigenvalue weighted by atomic mass is 10.1. The molecule has 0 saturated carbocycles. The quantitative estimate of drug-likeness (QED) is 0.688. The van der Waals surface area contributed by atoms with Crippen LogP contribution in [0.2, 0.25) is 5.15 Å². The van der Waals surface area contributed by atoms with E-state index in [0.29, 0.717) is 18.8 Å². The normalized spacial score (nSPS) is 10.4. The van der Waals surface area contributed by atoms with Crippen LogP contribution >= 0.6 is 11.6 Å². The third-order valence-electron chi connectivity index (χ3n) is 3.85. The monoisotopic (exact) mass is 406 g/mol. The highest BCUT2D eigenvalue weighted by Crippen LogP contribution is 2.22. The van der Waals surface area contributed by atoms with Crippen LogP contribution in [0.1, 0.15) is 40.5 Å². The molecule has 0 aliphatic carbocycles. The van der Waals surface area contributed by atoms with Crippen LogP contribution in [0.15, 0.2) is 24.3 Å². The Morgan fingerprint density at radius 3 is 2.50 bits per heavy atom. The molecule has 150 valence electrons. The number of urea groups is 1. The average Bonchev–Trinajstić information content (AvgIpc) is 2.93. The van der Waals surface area contributed by atoms with Gasteiger partial charge < -0.3 is 10.1 Å². The number of halogens is 1. The number of carbonyl (C=O) groups is 3. The van der Waals surface area contributed by atoms with E-state index in [0.717, 1.165) is 17.5 Å². The maximum Gasteiger partial charge on any atom is 0.343 e. The SMILES string of the molecule is CCCNC(=O)NC(=O)COC(=O)c1c(C)nn(Cc2ccc(C)cc2)c1Cl. The van der Waals surface area contributed by atoms with Crippen molar-refractivity contribution >= 4 is 29.5 Å². The van der Waals surface area contributed by atoms with Crippen molar-refractivity contribution in [2.24, 2.45) is 0 Å². The first-order valence-corrected chi connectivity index (χ1v) is 9.22. The molecule has 2 rings (SSSR count). The van der Waals surface area contributed by atoms with Gasteiger partial charge in [0.1, 0.15) is 10.7 Å². The first kappa shape index (κ1) is 21.4. The fraction of sp³-hybridized carbons (Fsp3) is 0.368. The molecule has 0 unspecified atom stereocenters. The van der Waals surface area contributed by atoms with E-state index < -0.39 is 24.5 Å². The molecule has 3 amide bonds. The highest BCUT2D eigenvalue weighted by molar-refractivity contribution is 6.32. The molecule has 0 radical (unpaired) electrons. The maximum atomic E-state index is 12.3. The molecule has 1 aromatic carbocycles. The number of rotatable bonds is 7. The summed E-state index contributed by atoms with van der Waals surface area (Å²) in [5.74, 6) is -1.51. The van der Waals surface area contributed by atoms with Gasteiger partial charge in [-0.15, -0.1) is 0 Å². The van der Waals surface area contributed by atoms with Crippen LogP contribution in [-0.2, 0) is 16.1 Å². The first-order chi connectivity index (χ1) is 13.3. The van der Waals surface area contributed by atoms with Gasteiger partial charge in [-0.05, 0) is 25.8 Å². The van der Waals surface area contributed by atoms with Gasteiger partial charge in [-0.1, -0.05) is 48.4 Å². The van der Waals surface area contributed by atoms with Crippen LogP contribution in [0.5, 0.6) is 0 Å². The molecular weight excluding hydrogens is 384 g/mol. The number of carbonyl (C=O) groups excluding carboxylic acids is 3. The smallest absolute Gasteiger partial charge is 0.343 e. The summed E-state index contributed by atoms with van der Waals surface area (Å²) in [5, 5.41) is 8.96. The molecule has 2 N–H and O–H groups in total. The Morgan fingerprint density at radius 1 is 1.18 bits per heavy atom. The molecule has 0 aliphatic rings.